The second-order valence-electron chi connectivity index (χ2n) is 6.02. The molecular formula is C16H19N5. The zero-order valence-corrected chi connectivity index (χ0v) is 12.0. The summed E-state index contributed by atoms with van der Waals surface area (Å²) in [6.07, 6.45) is 7.40. The minimum atomic E-state index is 0.746. The van der Waals surface area contributed by atoms with E-state index < -0.39 is 0 Å². The topological polar surface area (TPSA) is 45.2 Å². The van der Waals surface area contributed by atoms with Crippen LogP contribution in [0.1, 0.15) is 5.56 Å². The molecular weight excluding hydrogens is 262 g/mol. The van der Waals surface area contributed by atoms with Gasteiger partial charge in [-0.1, -0.05) is 0 Å². The largest absolute Gasteiger partial charge is 0.340 e. The normalized spacial score (nSPS) is 25.2. The van der Waals surface area contributed by atoms with Gasteiger partial charge in [-0.25, -0.2) is 9.97 Å². The van der Waals surface area contributed by atoms with Crippen molar-refractivity contribution in [2.24, 2.45) is 11.8 Å². The second-order valence-corrected chi connectivity index (χ2v) is 6.02. The van der Waals surface area contributed by atoms with Crippen LogP contribution in [0.25, 0.3) is 0 Å². The number of nitrogens with zero attached hydrogens (tertiary/aromatic N) is 5. The van der Waals surface area contributed by atoms with Crippen LogP contribution in [0, 0.1) is 11.8 Å². The van der Waals surface area contributed by atoms with Crippen LogP contribution in [-0.4, -0.2) is 46.0 Å². The van der Waals surface area contributed by atoms with Crippen LogP contribution in [-0.2, 0) is 6.54 Å². The van der Waals surface area contributed by atoms with Crippen molar-refractivity contribution in [3.63, 3.8) is 0 Å². The molecule has 0 bridgehead atoms. The number of hydrogen-bond donors (Lipinski definition) is 0. The van der Waals surface area contributed by atoms with Crippen LogP contribution >= 0.6 is 0 Å². The number of anilines is 1. The number of hydrogen-bond acceptors (Lipinski definition) is 5. The molecule has 0 saturated carbocycles. The summed E-state index contributed by atoms with van der Waals surface area (Å²) in [5.41, 5.74) is 1.35. The Hall–Kier alpha value is -2.01. The first-order valence-corrected chi connectivity index (χ1v) is 7.52. The highest BCUT2D eigenvalue weighted by atomic mass is 15.3. The number of likely N-dealkylation sites (tertiary alicyclic amines) is 1. The molecule has 2 fully saturated rings. The standard InChI is InChI=1S/C16H19N5/c1-4-18-16(19-5-1)21-11-14-9-20(10-15(14)12-21)8-13-2-6-17-7-3-13/h1-7,14-15H,8-12H2. The molecule has 0 radical (unpaired) electrons. The number of aromatic nitrogens is 3. The van der Waals surface area contributed by atoms with Gasteiger partial charge in [0, 0.05) is 57.5 Å². The van der Waals surface area contributed by atoms with Crippen molar-refractivity contribution in [3.05, 3.63) is 48.5 Å². The average molecular weight is 281 g/mol. The van der Waals surface area contributed by atoms with Gasteiger partial charge in [0.25, 0.3) is 0 Å². The minimum Gasteiger partial charge on any atom is -0.340 e. The number of fused-ring (bicyclic) bond motifs is 1. The van der Waals surface area contributed by atoms with Gasteiger partial charge in [0.1, 0.15) is 0 Å². The molecule has 2 aliphatic rings. The van der Waals surface area contributed by atoms with Crippen molar-refractivity contribution in [1.82, 2.24) is 19.9 Å². The lowest BCUT2D eigenvalue weighted by Gasteiger charge is -2.21. The molecule has 0 spiro atoms. The van der Waals surface area contributed by atoms with Gasteiger partial charge in [-0.15, -0.1) is 0 Å². The van der Waals surface area contributed by atoms with E-state index in [2.05, 4.69) is 36.9 Å². The van der Waals surface area contributed by atoms with Crippen molar-refractivity contribution in [1.29, 1.82) is 0 Å². The van der Waals surface area contributed by atoms with Crippen LogP contribution in [0.3, 0.4) is 0 Å². The maximum Gasteiger partial charge on any atom is 0.225 e. The van der Waals surface area contributed by atoms with E-state index in [0.29, 0.717) is 0 Å². The van der Waals surface area contributed by atoms with Crippen molar-refractivity contribution < 1.29 is 0 Å². The zero-order chi connectivity index (χ0) is 14.1. The molecule has 2 aliphatic heterocycles. The average Bonchev–Trinajstić information content (AvgIpc) is 3.07. The van der Waals surface area contributed by atoms with Crippen LogP contribution < -0.4 is 4.90 Å². The third-order valence-electron chi connectivity index (χ3n) is 4.55. The lowest BCUT2D eigenvalue weighted by Crippen LogP contribution is -2.29. The van der Waals surface area contributed by atoms with E-state index in [9.17, 15) is 0 Å². The van der Waals surface area contributed by atoms with Crippen molar-refractivity contribution in [2.75, 3.05) is 31.1 Å². The van der Waals surface area contributed by atoms with Crippen LogP contribution in [0.2, 0.25) is 0 Å². The molecule has 21 heavy (non-hydrogen) atoms. The fourth-order valence-corrected chi connectivity index (χ4v) is 3.58. The fourth-order valence-electron chi connectivity index (χ4n) is 3.58. The lowest BCUT2D eigenvalue weighted by atomic mass is 10.0. The molecule has 0 aromatic carbocycles. The van der Waals surface area contributed by atoms with E-state index >= 15 is 0 Å². The Morgan fingerprint density at radius 1 is 0.905 bits per heavy atom. The van der Waals surface area contributed by atoms with E-state index in [1.807, 2.05) is 30.9 Å². The summed E-state index contributed by atoms with van der Waals surface area (Å²) >= 11 is 0. The Morgan fingerprint density at radius 2 is 1.57 bits per heavy atom. The van der Waals surface area contributed by atoms with Crippen LogP contribution in [0.15, 0.2) is 43.0 Å². The van der Waals surface area contributed by atoms with Crippen molar-refractivity contribution >= 4 is 5.95 Å². The smallest absolute Gasteiger partial charge is 0.225 e. The van der Waals surface area contributed by atoms with E-state index in [1.165, 1.54) is 18.7 Å². The summed E-state index contributed by atoms with van der Waals surface area (Å²) in [5, 5.41) is 0. The van der Waals surface area contributed by atoms with Gasteiger partial charge in [0.2, 0.25) is 5.95 Å². The van der Waals surface area contributed by atoms with Gasteiger partial charge in [0.05, 0.1) is 0 Å². The summed E-state index contributed by atoms with van der Waals surface area (Å²) < 4.78 is 0. The Labute approximate surface area is 124 Å². The SMILES string of the molecule is c1cnc(N2CC3CN(Cc4ccncc4)CC3C2)nc1. The Kier molecular flexibility index (Phi) is 3.27. The molecule has 0 aliphatic carbocycles. The quantitative estimate of drug-likeness (QED) is 0.852. The van der Waals surface area contributed by atoms with E-state index in [1.54, 1.807) is 0 Å². The van der Waals surface area contributed by atoms with Gasteiger partial charge in [-0.05, 0) is 35.6 Å². The Morgan fingerprint density at radius 3 is 2.24 bits per heavy atom. The van der Waals surface area contributed by atoms with Crippen LogP contribution in [0.4, 0.5) is 5.95 Å². The second kappa shape index (κ2) is 5.41. The summed E-state index contributed by atoms with van der Waals surface area (Å²) in [6, 6.07) is 6.09. The fraction of sp³-hybridized carbons (Fsp3) is 0.438. The van der Waals surface area contributed by atoms with Gasteiger partial charge >= 0.3 is 0 Å². The summed E-state index contributed by atoms with van der Waals surface area (Å²) in [6.45, 7) is 5.56. The first-order valence-electron chi connectivity index (χ1n) is 7.52. The Bertz CT molecular complexity index is 574. The molecule has 4 rings (SSSR count). The third-order valence-corrected chi connectivity index (χ3v) is 4.55. The molecule has 108 valence electrons. The molecule has 5 nitrogen and oxygen atoms in total. The molecule has 4 heterocycles. The lowest BCUT2D eigenvalue weighted by molar-refractivity contribution is 0.308. The number of rotatable bonds is 3. The predicted molar refractivity (Wildman–Crippen MR) is 80.7 cm³/mol. The minimum absolute atomic E-state index is 0.746. The third kappa shape index (κ3) is 2.61. The van der Waals surface area contributed by atoms with Crippen molar-refractivity contribution in [3.8, 4) is 0 Å². The molecule has 2 saturated heterocycles. The number of pyridine rings is 1. The van der Waals surface area contributed by atoms with Gasteiger partial charge < -0.3 is 4.90 Å². The summed E-state index contributed by atoms with van der Waals surface area (Å²) in [5.74, 6) is 2.37. The first kappa shape index (κ1) is 12.7. The molecule has 0 amide bonds. The molecule has 0 N–H and O–H groups in total. The zero-order valence-electron chi connectivity index (χ0n) is 12.0. The van der Waals surface area contributed by atoms with Crippen molar-refractivity contribution in [2.45, 2.75) is 6.54 Å². The highest BCUT2D eigenvalue weighted by molar-refractivity contribution is 5.31. The highest BCUT2D eigenvalue weighted by Gasteiger charge is 2.40. The van der Waals surface area contributed by atoms with E-state index in [0.717, 1.165) is 37.4 Å². The van der Waals surface area contributed by atoms with Gasteiger partial charge in [0.15, 0.2) is 0 Å². The summed E-state index contributed by atoms with van der Waals surface area (Å²) in [7, 11) is 0. The Balaban J connectivity index is 1.37. The van der Waals surface area contributed by atoms with Crippen LogP contribution in [0.5, 0.6) is 0 Å². The summed E-state index contributed by atoms with van der Waals surface area (Å²) in [4.78, 5) is 17.7. The predicted octanol–water partition coefficient (Wildman–Crippen LogP) is 1.44. The molecule has 2 aromatic rings. The molecule has 5 heteroatoms. The maximum absolute atomic E-state index is 4.37. The highest BCUT2D eigenvalue weighted by Crippen LogP contribution is 2.33. The van der Waals surface area contributed by atoms with E-state index in [4.69, 9.17) is 0 Å². The monoisotopic (exact) mass is 281 g/mol. The molecule has 2 aromatic heterocycles. The first-order chi connectivity index (χ1) is 10.4. The van der Waals surface area contributed by atoms with Gasteiger partial charge in [-0.2, -0.15) is 0 Å². The van der Waals surface area contributed by atoms with E-state index in [-0.39, 0.29) is 0 Å². The maximum atomic E-state index is 4.37. The molecule has 2 unspecified atom stereocenters. The molecule has 2 atom stereocenters. The van der Waals surface area contributed by atoms with Gasteiger partial charge in [-0.3, -0.25) is 9.88 Å².